The molecule has 0 atom stereocenters. The van der Waals surface area contributed by atoms with Crippen molar-refractivity contribution in [2.24, 2.45) is 0 Å². The zero-order valence-electron chi connectivity index (χ0n) is 20.1. The van der Waals surface area contributed by atoms with Crippen LogP contribution >= 0.6 is 0 Å². The summed E-state index contributed by atoms with van der Waals surface area (Å²) in [6, 6.07) is 25.4. The summed E-state index contributed by atoms with van der Waals surface area (Å²) in [5.41, 5.74) is 6.06. The normalized spacial score (nSPS) is 14.9. The number of hydrogen-bond acceptors (Lipinski definition) is 4. The minimum atomic E-state index is 0.0156. The fourth-order valence-electron chi connectivity index (χ4n) is 4.69. The van der Waals surface area contributed by atoms with Crippen LogP contribution in [0.25, 0.3) is 11.1 Å². The fourth-order valence-corrected chi connectivity index (χ4v) is 4.69. The number of anilines is 1. The number of allylic oxidation sites excluding steroid dienone is 1. The number of benzene rings is 3. The van der Waals surface area contributed by atoms with Gasteiger partial charge in [-0.25, -0.2) is 0 Å². The van der Waals surface area contributed by atoms with Crippen molar-refractivity contribution >= 4 is 22.7 Å². The summed E-state index contributed by atoms with van der Waals surface area (Å²) in [4.78, 5) is 14.8. The molecule has 1 fully saturated rings. The van der Waals surface area contributed by atoms with Gasteiger partial charge in [0.1, 0.15) is 5.75 Å². The number of phenols is 1. The Balaban J connectivity index is 1.65. The van der Waals surface area contributed by atoms with E-state index >= 15 is 0 Å². The van der Waals surface area contributed by atoms with E-state index in [0.717, 1.165) is 59.5 Å². The van der Waals surface area contributed by atoms with Crippen molar-refractivity contribution in [3.05, 3.63) is 95.6 Å². The Kier molecular flexibility index (Phi) is 8.71. The molecule has 0 aliphatic carbocycles. The maximum atomic E-state index is 12.6. The molecule has 1 aliphatic heterocycles. The van der Waals surface area contributed by atoms with Crippen molar-refractivity contribution in [1.29, 1.82) is 0 Å². The van der Waals surface area contributed by atoms with E-state index in [1.807, 2.05) is 54.6 Å². The Hall–Kier alpha value is -3.41. The van der Waals surface area contributed by atoms with Crippen molar-refractivity contribution in [2.75, 3.05) is 31.6 Å². The molecule has 0 spiro atoms. The van der Waals surface area contributed by atoms with Crippen molar-refractivity contribution in [3.8, 4) is 5.75 Å². The molecule has 0 aromatic heterocycles. The number of carbonyl (C=O) groups excluding carboxylic acids is 1. The molecule has 1 amide bonds. The van der Waals surface area contributed by atoms with E-state index in [1.165, 1.54) is 6.42 Å². The zero-order valence-corrected chi connectivity index (χ0v) is 20.1. The molecule has 1 heterocycles. The number of aliphatic hydroxyl groups is 1. The van der Waals surface area contributed by atoms with Crippen LogP contribution in [0, 0.1) is 0 Å². The van der Waals surface area contributed by atoms with Gasteiger partial charge in [0.2, 0.25) is 5.91 Å². The van der Waals surface area contributed by atoms with Gasteiger partial charge in [-0.2, -0.15) is 0 Å². The predicted octanol–water partition coefficient (Wildman–Crippen LogP) is 5.55. The lowest BCUT2D eigenvalue weighted by atomic mass is 9.87. The maximum Gasteiger partial charge on any atom is 0.238 e. The molecule has 5 heteroatoms. The summed E-state index contributed by atoms with van der Waals surface area (Å²) in [6.07, 6.45) is 4.93. The van der Waals surface area contributed by atoms with Gasteiger partial charge in [0, 0.05) is 12.3 Å². The van der Waals surface area contributed by atoms with Crippen LogP contribution in [-0.4, -0.2) is 47.3 Å². The molecule has 3 aromatic rings. The van der Waals surface area contributed by atoms with Crippen molar-refractivity contribution in [3.63, 3.8) is 0 Å². The highest BCUT2D eigenvalue weighted by atomic mass is 16.3. The monoisotopic (exact) mass is 470 g/mol. The minimum Gasteiger partial charge on any atom is -0.508 e. The fraction of sp³-hybridized carbons (Fsp3) is 0.300. The summed E-state index contributed by atoms with van der Waals surface area (Å²) >= 11 is 0. The van der Waals surface area contributed by atoms with Gasteiger partial charge >= 0.3 is 0 Å². The van der Waals surface area contributed by atoms with E-state index in [9.17, 15) is 15.0 Å². The Bertz CT molecular complexity index is 1120. The number of likely N-dealkylation sites (tertiary alicyclic amines) is 1. The van der Waals surface area contributed by atoms with Gasteiger partial charge in [-0.3, -0.25) is 9.69 Å². The van der Waals surface area contributed by atoms with Gasteiger partial charge < -0.3 is 15.5 Å². The molecular weight excluding hydrogens is 436 g/mol. The quantitative estimate of drug-likeness (QED) is 0.359. The first-order valence-corrected chi connectivity index (χ1v) is 12.5. The SMILES string of the molecule is O=C(CN1CCCCC1)Nc1ccc(C(=C(CCCO)c2ccccc2)c2ccc(O)cc2)cc1. The van der Waals surface area contributed by atoms with Crippen LogP contribution in [0.3, 0.4) is 0 Å². The molecular formula is C30H34N2O3. The third-order valence-corrected chi connectivity index (χ3v) is 6.44. The number of hydrogen-bond donors (Lipinski definition) is 3. The number of nitrogens with one attached hydrogen (secondary N) is 1. The van der Waals surface area contributed by atoms with Crippen LogP contribution in [0.1, 0.15) is 48.8 Å². The van der Waals surface area contributed by atoms with Gasteiger partial charge in [-0.05, 0) is 90.9 Å². The van der Waals surface area contributed by atoms with Gasteiger partial charge in [-0.15, -0.1) is 0 Å². The second kappa shape index (κ2) is 12.3. The summed E-state index contributed by atoms with van der Waals surface area (Å²) in [7, 11) is 0. The predicted molar refractivity (Wildman–Crippen MR) is 142 cm³/mol. The standard InChI is InChI=1S/C30H34N2O3/c33-21-7-10-28(23-8-3-1-4-9-23)30(25-13-17-27(34)18-14-25)24-11-15-26(16-12-24)31-29(35)22-32-19-5-2-6-20-32/h1,3-4,8-9,11-18,33-34H,2,5-7,10,19-22H2,(H,31,35). The summed E-state index contributed by atoms with van der Waals surface area (Å²) in [5, 5.41) is 22.4. The highest BCUT2D eigenvalue weighted by molar-refractivity contribution is 5.99. The molecule has 3 N–H and O–H groups in total. The van der Waals surface area contributed by atoms with Gasteiger partial charge in [0.15, 0.2) is 0 Å². The average molecular weight is 471 g/mol. The molecule has 0 bridgehead atoms. The molecule has 1 aliphatic rings. The Morgan fingerprint density at radius 1 is 0.800 bits per heavy atom. The smallest absolute Gasteiger partial charge is 0.238 e. The zero-order chi connectivity index (χ0) is 24.5. The number of aromatic hydroxyl groups is 1. The minimum absolute atomic E-state index is 0.0156. The first kappa shape index (κ1) is 24.7. The van der Waals surface area contributed by atoms with E-state index in [1.54, 1.807) is 12.1 Å². The molecule has 0 saturated carbocycles. The average Bonchev–Trinajstić information content (AvgIpc) is 2.89. The lowest BCUT2D eigenvalue weighted by Crippen LogP contribution is -2.36. The highest BCUT2D eigenvalue weighted by Gasteiger charge is 2.16. The number of rotatable bonds is 9. The van der Waals surface area contributed by atoms with Crippen LogP contribution in [0.4, 0.5) is 5.69 Å². The van der Waals surface area contributed by atoms with Crippen LogP contribution in [0.15, 0.2) is 78.9 Å². The molecule has 0 unspecified atom stereocenters. The Morgan fingerprint density at radius 3 is 2.06 bits per heavy atom. The molecule has 0 radical (unpaired) electrons. The molecule has 4 rings (SSSR count). The van der Waals surface area contributed by atoms with Crippen molar-refractivity contribution in [1.82, 2.24) is 4.90 Å². The maximum absolute atomic E-state index is 12.6. The van der Waals surface area contributed by atoms with E-state index in [2.05, 4.69) is 22.3 Å². The first-order valence-electron chi connectivity index (χ1n) is 12.5. The van der Waals surface area contributed by atoms with E-state index in [4.69, 9.17) is 0 Å². The van der Waals surface area contributed by atoms with Crippen LogP contribution < -0.4 is 5.32 Å². The van der Waals surface area contributed by atoms with Crippen LogP contribution in [0.5, 0.6) is 5.75 Å². The first-order chi connectivity index (χ1) is 17.1. The largest absolute Gasteiger partial charge is 0.508 e. The van der Waals surface area contributed by atoms with E-state index in [-0.39, 0.29) is 18.3 Å². The lowest BCUT2D eigenvalue weighted by Gasteiger charge is -2.25. The Morgan fingerprint density at radius 2 is 1.43 bits per heavy atom. The van der Waals surface area contributed by atoms with E-state index in [0.29, 0.717) is 19.4 Å². The molecule has 1 saturated heterocycles. The number of amides is 1. The summed E-state index contributed by atoms with van der Waals surface area (Å²) < 4.78 is 0. The highest BCUT2D eigenvalue weighted by Crippen LogP contribution is 2.36. The number of aliphatic hydroxyl groups excluding tert-OH is 1. The van der Waals surface area contributed by atoms with Crippen molar-refractivity contribution in [2.45, 2.75) is 32.1 Å². The second-order valence-electron chi connectivity index (χ2n) is 9.06. The van der Waals surface area contributed by atoms with Crippen LogP contribution in [0.2, 0.25) is 0 Å². The lowest BCUT2D eigenvalue weighted by molar-refractivity contribution is -0.117. The van der Waals surface area contributed by atoms with Gasteiger partial charge in [-0.1, -0.05) is 61.0 Å². The number of piperidine rings is 1. The Labute approximate surface area is 207 Å². The van der Waals surface area contributed by atoms with Gasteiger partial charge in [0.25, 0.3) is 0 Å². The third-order valence-electron chi connectivity index (χ3n) is 6.44. The van der Waals surface area contributed by atoms with Gasteiger partial charge in [0.05, 0.1) is 6.54 Å². The van der Waals surface area contributed by atoms with E-state index < -0.39 is 0 Å². The summed E-state index contributed by atoms with van der Waals surface area (Å²) in [5.74, 6) is 0.235. The molecule has 182 valence electrons. The van der Waals surface area contributed by atoms with Crippen LogP contribution in [-0.2, 0) is 4.79 Å². The second-order valence-corrected chi connectivity index (χ2v) is 9.06. The number of nitrogens with zero attached hydrogens (tertiary/aromatic N) is 1. The topological polar surface area (TPSA) is 72.8 Å². The van der Waals surface area contributed by atoms with Crippen molar-refractivity contribution < 1.29 is 15.0 Å². The molecule has 3 aromatic carbocycles. The number of carbonyl (C=O) groups is 1. The number of phenolic OH excluding ortho intramolecular Hbond substituents is 1. The molecule has 5 nitrogen and oxygen atoms in total. The summed E-state index contributed by atoms with van der Waals surface area (Å²) in [6.45, 7) is 2.52. The third kappa shape index (κ3) is 6.81. The molecule has 35 heavy (non-hydrogen) atoms.